The Labute approximate surface area is 106 Å². The fourth-order valence-corrected chi connectivity index (χ4v) is 2.73. The van der Waals surface area contributed by atoms with Crippen molar-refractivity contribution in [3.05, 3.63) is 0 Å². The van der Waals surface area contributed by atoms with Crippen molar-refractivity contribution in [1.29, 1.82) is 0 Å². The number of aliphatic hydroxyl groups excluding tert-OH is 1. The molecule has 0 aliphatic carbocycles. The van der Waals surface area contributed by atoms with Crippen molar-refractivity contribution in [2.24, 2.45) is 11.8 Å². The van der Waals surface area contributed by atoms with E-state index < -0.39 is 18.1 Å². The predicted octanol–water partition coefficient (Wildman–Crippen LogP) is 0.214. The topological polar surface area (TPSA) is 81.1 Å². The number of hydrogen-bond acceptors (Lipinski definition) is 3. The second kappa shape index (κ2) is 4.76. The summed E-state index contributed by atoms with van der Waals surface area (Å²) in [7, 11) is 0. The van der Waals surface area contributed by atoms with Crippen LogP contribution in [0.1, 0.15) is 20.3 Å². The van der Waals surface area contributed by atoms with Crippen LogP contribution in [0.3, 0.4) is 0 Å². The highest BCUT2D eigenvalue weighted by Crippen LogP contribution is 2.26. The molecule has 6 nitrogen and oxygen atoms in total. The Kier molecular flexibility index (Phi) is 3.47. The number of nitrogens with zero attached hydrogens (tertiary/aromatic N) is 2. The predicted molar refractivity (Wildman–Crippen MR) is 64.1 cm³/mol. The number of β-amino-alcohol motifs (C(OH)–C–C–N with tert-alkyl or cyclic N) is 1. The average Bonchev–Trinajstić information content (AvgIpc) is 2.82. The molecular formula is C12H20N2O4. The third kappa shape index (κ3) is 2.29. The van der Waals surface area contributed by atoms with Gasteiger partial charge >= 0.3 is 12.0 Å². The van der Waals surface area contributed by atoms with E-state index in [1.807, 2.05) is 0 Å². The molecule has 102 valence electrons. The summed E-state index contributed by atoms with van der Waals surface area (Å²) >= 11 is 0. The Morgan fingerprint density at radius 1 is 1.11 bits per heavy atom. The number of carboxylic acid groups (broad SMARTS) is 1. The molecule has 2 heterocycles. The maximum atomic E-state index is 12.3. The molecule has 0 bridgehead atoms. The number of urea groups is 1. The van der Waals surface area contributed by atoms with Crippen molar-refractivity contribution in [2.75, 3.05) is 19.6 Å². The molecule has 0 spiro atoms. The van der Waals surface area contributed by atoms with Gasteiger partial charge in [-0.3, -0.25) is 0 Å². The van der Waals surface area contributed by atoms with E-state index in [9.17, 15) is 14.7 Å². The summed E-state index contributed by atoms with van der Waals surface area (Å²) in [4.78, 5) is 26.3. The minimum absolute atomic E-state index is 0.120. The Bertz CT molecular complexity index is 350. The van der Waals surface area contributed by atoms with Crippen molar-refractivity contribution < 1.29 is 19.8 Å². The van der Waals surface area contributed by atoms with Crippen LogP contribution in [0.2, 0.25) is 0 Å². The number of aliphatic hydroxyl groups is 1. The van der Waals surface area contributed by atoms with Crippen LogP contribution in [-0.4, -0.2) is 63.8 Å². The van der Waals surface area contributed by atoms with Crippen molar-refractivity contribution in [2.45, 2.75) is 32.4 Å². The van der Waals surface area contributed by atoms with E-state index in [1.54, 1.807) is 4.90 Å². The molecule has 2 aliphatic rings. The smallest absolute Gasteiger partial charge is 0.326 e. The molecular weight excluding hydrogens is 236 g/mol. The van der Waals surface area contributed by atoms with Gasteiger partial charge in [0.2, 0.25) is 0 Å². The van der Waals surface area contributed by atoms with Crippen molar-refractivity contribution in [3.63, 3.8) is 0 Å². The second-order valence-electron chi connectivity index (χ2n) is 5.54. The lowest BCUT2D eigenvalue weighted by atomic mass is 10.0. The Morgan fingerprint density at radius 2 is 1.67 bits per heavy atom. The summed E-state index contributed by atoms with van der Waals surface area (Å²) in [6.07, 6.45) is -0.604. The quantitative estimate of drug-likeness (QED) is 0.703. The number of rotatable bonds is 1. The first-order valence-electron chi connectivity index (χ1n) is 6.36. The highest BCUT2D eigenvalue weighted by Gasteiger charge is 2.42. The van der Waals surface area contributed by atoms with Crippen LogP contribution in [-0.2, 0) is 4.79 Å². The van der Waals surface area contributed by atoms with Crippen molar-refractivity contribution in [1.82, 2.24) is 9.80 Å². The number of aliphatic carboxylic acids is 1. The molecule has 6 heteroatoms. The average molecular weight is 256 g/mol. The van der Waals surface area contributed by atoms with Gasteiger partial charge in [0.15, 0.2) is 0 Å². The number of carbonyl (C=O) groups is 2. The molecule has 0 aromatic carbocycles. The highest BCUT2D eigenvalue weighted by molar-refractivity contribution is 5.83. The van der Waals surface area contributed by atoms with E-state index in [4.69, 9.17) is 5.11 Å². The number of likely N-dealkylation sites (tertiary alicyclic amines) is 2. The van der Waals surface area contributed by atoms with Gasteiger partial charge in [-0.1, -0.05) is 13.8 Å². The molecule has 4 atom stereocenters. The molecule has 0 radical (unpaired) electrons. The van der Waals surface area contributed by atoms with Gasteiger partial charge in [0, 0.05) is 26.1 Å². The Hall–Kier alpha value is -1.30. The lowest BCUT2D eigenvalue weighted by Crippen LogP contribution is -2.47. The molecule has 2 N–H and O–H groups in total. The third-order valence-corrected chi connectivity index (χ3v) is 4.07. The van der Waals surface area contributed by atoms with Gasteiger partial charge in [-0.2, -0.15) is 0 Å². The van der Waals surface area contributed by atoms with Gasteiger partial charge in [0.05, 0.1) is 6.10 Å². The molecule has 2 amide bonds. The van der Waals surface area contributed by atoms with Crippen LogP contribution in [0.15, 0.2) is 0 Å². The lowest BCUT2D eigenvalue weighted by molar-refractivity contribution is -0.141. The van der Waals surface area contributed by atoms with E-state index in [-0.39, 0.29) is 19.0 Å². The van der Waals surface area contributed by atoms with E-state index in [1.165, 1.54) is 4.90 Å². The van der Waals surface area contributed by atoms with Crippen LogP contribution in [0.4, 0.5) is 4.79 Å². The highest BCUT2D eigenvalue weighted by atomic mass is 16.4. The van der Waals surface area contributed by atoms with Gasteiger partial charge in [0.25, 0.3) is 0 Å². The summed E-state index contributed by atoms with van der Waals surface area (Å²) in [6.45, 7) is 5.63. The van der Waals surface area contributed by atoms with Crippen LogP contribution in [0.5, 0.6) is 0 Å². The fourth-order valence-electron chi connectivity index (χ4n) is 2.73. The number of carboxylic acids is 1. The number of carbonyl (C=O) groups excluding carboxylic acids is 1. The molecule has 2 aliphatic heterocycles. The zero-order valence-electron chi connectivity index (χ0n) is 10.7. The number of amides is 2. The summed E-state index contributed by atoms with van der Waals surface area (Å²) < 4.78 is 0. The standard InChI is InChI=1S/C12H20N2O4/c1-7-4-13(5-8(7)2)12(18)14-6-9(15)3-10(14)11(16)17/h7-10,15H,3-6H2,1-2H3,(H,16,17)/t7?,8?,9-,10-/m1/s1. The minimum Gasteiger partial charge on any atom is -0.480 e. The van der Waals surface area contributed by atoms with Gasteiger partial charge in [-0.05, 0) is 11.8 Å². The first kappa shape index (κ1) is 13.1. The summed E-state index contributed by atoms with van der Waals surface area (Å²) in [5, 5.41) is 18.6. The summed E-state index contributed by atoms with van der Waals surface area (Å²) in [5.74, 6) is -0.172. The maximum absolute atomic E-state index is 12.3. The molecule has 2 unspecified atom stereocenters. The van der Waals surface area contributed by atoms with E-state index in [0.29, 0.717) is 24.9 Å². The first-order valence-corrected chi connectivity index (χ1v) is 6.36. The zero-order chi connectivity index (χ0) is 13.4. The lowest BCUT2D eigenvalue weighted by Gasteiger charge is -2.27. The van der Waals surface area contributed by atoms with E-state index in [0.717, 1.165) is 0 Å². The maximum Gasteiger partial charge on any atom is 0.326 e. The zero-order valence-corrected chi connectivity index (χ0v) is 10.7. The van der Waals surface area contributed by atoms with Gasteiger partial charge in [0.1, 0.15) is 6.04 Å². The second-order valence-corrected chi connectivity index (χ2v) is 5.54. The molecule has 0 saturated carbocycles. The van der Waals surface area contributed by atoms with E-state index >= 15 is 0 Å². The van der Waals surface area contributed by atoms with Crippen LogP contribution < -0.4 is 0 Å². The van der Waals surface area contributed by atoms with Crippen LogP contribution in [0, 0.1) is 11.8 Å². The molecule has 2 fully saturated rings. The first-order chi connectivity index (χ1) is 8.40. The summed E-state index contributed by atoms with van der Waals surface area (Å²) in [5.41, 5.74) is 0. The van der Waals surface area contributed by atoms with Crippen molar-refractivity contribution in [3.8, 4) is 0 Å². The summed E-state index contributed by atoms with van der Waals surface area (Å²) in [6, 6.07) is -1.14. The van der Waals surface area contributed by atoms with Gasteiger partial charge in [-0.25, -0.2) is 9.59 Å². The molecule has 2 rings (SSSR count). The molecule has 2 saturated heterocycles. The van der Waals surface area contributed by atoms with Crippen molar-refractivity contribution >= 4 is 12.0 Å². The van der Waals surface area contributed by atoms with E-state index in [2.05, 4.69) is 13.8 Å². The fraction of sp³-hybridized carbons (Fsp3) is 0.833. The largest absolute Gasteiger partial charge is 0.480 e. The molecule has 0 aromatic heterocycles. The van der Waals surface area contributed by atoms with Crippen LogP contribution in [0.25, 0.3) is 0 Å². The number of hydrogen-bond donors (Lipinski definition) is 2. The Morgan fingerprint density at radius 3 is 2.17 bits per heavy atom. The molecule has 0 aromatic rings. The third-order valence-electron chi connectivity index (χ3n) is 4.07. The van der Waals surface area contributed by atoms with Gasteiger partial charge in [-0.15, -0.1) is 0 Å². The SMILES string of the molecule is CC1CN(C(=O)N2C[C@H](O)C[C@@H]2C(=O)O)CC1C. The minimum atomic E-state index is -1.04. The van der Waals surface area contributed by atoms with Gasteiger partial charge < -0.3 is 20.0 Å². The normalized spacial score (nSPS) is 36.2. The monoisotopic (exact) mass is 256 g/mol. The Balaban J connectivity index is 2.06. The molecule has 18 heavy (non-hydrogen) atoms. The van der Waals surface area contributed by atoms with Crippen LogP contribution >= 0.6 is 0 Å².